The van der Waals surface area contributed by atoms with E-state index in [1.807, 2.05) is 0 Å². The lowest BCUT2D eigenvalue weighted by atomic mass is 9.35. The maximum atomic E-state index is 12.0. The van der Waals surface area contributed by atoms with Crippen molar-refractivity contribution in [2.24, 2.45) is 51.2 Å². The second-order valence-electron chi connectivity index (χ2n) is 16.1. The van der Waals surface area contributed by atoms with E-state index in [0.717, 1.165) is 38.7 Å². The molecule has 4 saturated carbocycles. The van der Waals surface area contributed by atoms with E-state index in [1.165, 1.54) is 25.7 Å². The van der Waals surface area contributed by atoms with Crippen molar-refractivity contribution in [3.8, 4) is 0 Å². The van der Waals surface area contributed by atoms with Crippen LogP contribution in [0.2, 0.25) is 0 Å². The number of fused-ring (bicyclic) bond motifs is 4. The van der Waals surface area contributed by atoms with Crippen LogP contribution < -0.4 is 0 Å². The Kier molecular flexibility index (Phi) is 5.72. The molecule has 4 aliphatic carbocycles. The van der Waals surface area contributed by atoms with Crippen LogP contribution in [-0.4, -0.2) is 41.3 Å². The molecule has 1 N–H and O–H groups in total. The minimum absolute atomic E-state index is 0.00996. The van der Waals surface area contributed by atoms with E-state index in [1.54, 1.807) is 6.92 Å². The van der Waals surface area contributed by atoms with Gasteiger partial charge in [-0.25, -0.2) is 0 Å². The Hall–Kier alpha value is -0.650. The number of ether oxygens (including phenoxy) is 3. The third-order valence-electron chi connectivity index (χ3n) is 13.3. The first-order valence-electron chi connectivity index (χ1n) is 15.3. The monoisotopic (exact) mass is 516 g/mol. The number of carbonyl (C=O) groups is 1. The lowest BCUT2D eigenvalue weighted by Crippen LogP contribution is -2.67. The average molecular weight is 517 g/mol. The highest BCUT2D eigenvalue weighted by molar-refractivity contribution is 5.66. The van der Waals surface area contributed by atoms with Crippen LogP contribution >= 0.6 is 0 Å². The summed E-state index contributed by atoms with van der Waals surface area (Å²) in [6, 6.07) is 0. The van der Waals surface area contributed by atoms with Crippen LogP contribution in [0.15, 0.2) is 0 Å². The Bertz CT molecular complexity index is 957. The summed E-state index contributed by atoms with van der Waals surface area (Å²) in [7, 11) is 0. The van der Waals surface area contributed by atoms with Gasteiger partial charge in [-0.05, 0) is 86.4 Å². The van der Waals surface area contributed by atoms with Crippen molar-refractivity contribution in [3.05, 3.63) is 0 Å². The SMILES string of the molecule is CC(=O)O[C@H]1CC[C@@]2(C)[C@H](CC[C@]3(C)[C@@H]2CC[C@@H]2[C@@H]4[C@]5(C[C@]23CO5)O[C@@H](CC(C)C)C[C@]4(C)O)C1(C)C. The molecular formula is C32H52O5. The van der Waals surface area contributed by atoms with Crippen LogP contribution in [0.5, 0.6) is 0 Å². The van der Waals surface area contributed by atoms with E-state index in [4.69, 9.17) is 14.2 Å². The van der Waals surface area contributed by atoms with Crippen molar-refractivity contribution in [2.75, 3.05) is 6.61 Å². The fourth-order valence-electron chi connectivity index (χ4n) is 12.2. The van der Waals surface area contributed by atoms with Crippen molar-refractivity contribution >= 4 is 5.97 Å². The third-order valence-corrected chi connectivity index (χ3v) is 13.3. The molecule has 6 fully saturated rings. The van der Waals surface area contributed by atoms with E-state index in [0.29, 0.717) is 23.7 Å². The summed E-state index contributed by atoms with van der Waals surface area (Å²) in [6.07, 6.45) is 9.56. The predicted octanol–water partition coefficient (Wildman–Crippen LogP) is 6.51. The quantitative estimate of drug-likeness (QED) is 0.434. The molecular weight excluding hydrogens is 464 g/mol. The summed E-state index contributed by atoms with van der Waals surface area (Å²) in [6.45, 7) is 18.8. The maximum Gasteiger partial charge on any atom is 0.302 e. The second-order valence-corrected chi connectivity index (χ2v) is 16.1. The van der Waals surface area contributed by atoms with Crippen LogP contribution in [0.25, 0.3) is 0 Å². The van der Waals surface area contributed by atoms with E-state index < -0.39 is 11.4 Å². The molecule has 0 unspecified atom stereocenters. The molecule has 2 spiro atoms. The fourth-order valence-corrected chi connectivity index (χ4v) is 12.2. The van der Waals surface area contributed by atoms with E-state index in [-0.39, 0.29) is 45.8 Å². The van der Waals surface area contributed by atoms with Crippen molar-refractivity contribution in [3.63, 3.8) is 0 Å². The fraction of sp³-hybridized carbons (Fsp3) is 0.969. The van der Waals surface area contributed by atoms with Crippen molar-refractivity contribution in [2.45, 2.75) is 137 Å². The predicted molar refractivity (Wildman–Crippen MR) is 143 cm³/mol. The minimum Gasteiger partial charge on any atom is -0.462 e. The van der Waals surface area contributed by atoms with Crippen molar-refractivity contribution in [1.82, 2.24) is 0 Å². The van der Waals surface area contributed by atoms with Crippen LogP contribution in [0.3, 0.4) is 0 Å². The number of carbonyl (C=O) groups excluding carboxylic acids is 1. The largest absolute Gasteiger partial charge is 0.462 e. The summed E-state index contributed by atoms with van der Waals surface area (Å²) in [4.78, 5) is 11.9. The molecule has 5 nitrogen and oxygen atoms in total. The molecule has 2 aliphatic heterocycles. The summed E-state index contributed by atoms with van der Waals surface area (Å²) in [5, 5.41) is 12.0. The first-order chi connectivity index (χ1) is 17.1. The van der Waals surface area contributed by atoms with Crippen molar-refractivity contribution in [1.29, 1.82) is 0 Å². The van der Waals surface area contributed by atoms with Gasteiger partial charge in [0.2, 0.25) is 0 Å². The van der Waals surface area contributed by atoms with Gasteiger partial charge in [-0.3, -0.25) is 4.79 Å². The van der Waals surface area contributed by atoms with Gasteiger partial charge in [0.25, 0.3) is 0 Å². The third kappa shape index (κ3) is 3.35. The van der Waals surface area contributed by atoms with Crippen LogP contribution in [-0.2, 0) is 19.0 Å². The Morgan fingerprint density at radius 2 is 1.76 bits per heavy atom. The van der Waals surface area contributed by atoms with Gasteiger partial charge in [-0.1, -0.05) is 41.5 Å². The van der Waals surface area contributed by atoms with E-state index in [2.05, 4.69) is 48.5 Å². The zero-order valence-corrected chi connectivity index (χ0v) is 24.7. The van der Waals surface area contributed by atoms with E-state index in [9.17, 15) is 9.90 Å². The molecule has 0 radical (unpaired) electrons. The number of hydrogen-bond donors (Lipinski definition) is 1. The Morgan fingerprint density at radius 3 is 2.43 bits per heavy atom. The normalized spacial score (nSPS) is 55.7. The van der Waals surface area contributed by atoms with Crippen LogP contribution in [0.1, 0.15) is 113 Å². The molecule has 6 rings (SSSR count). The smallest absolute Gasteiger partial charge is 0.302 e. The van der Waals surface area contributed by atoms with Gasteiger partial charge in [-0.2, -0.15) is 0 Å². The lowest BCUT2D eigenvalue weighted by Gasteiger charge is -2.70. The maximum absolute atomic E-state index is 12.0. The summed E-state index contributed by atoms with van der Waals surface area (Å²) < 4.78 is 19.6. The lowest BCUT2D eigenvalue weighted by molar-refractivity contribution is -0.347. The number of aliphatic hydroxyl groups is 1. The first-order valence-corrected chi connectivity index (χ1v) is 15.3. The highest BCUT2D eigenvalue weighted by Gasteiger charge is 2.80. The van der Waals surface area contributed by atoms with Crippen molar-refractivity contribution < 1.29 is 24.1 Å². The topological polar surface area (TPSA) is 65.0 Å². The molecule has 210 valence electrons. The number of rotatable bonds is 3. The molecule has 0 aromatic heterocycles. The number of hydrogen-bond acceptors (Lipinski definition) is 5. The average Bonchev–Trinajstić information content (AvgIpc) is 3.27. The van der Waals surface area contributed by atoms with Gasteiger partial charge in [0, 0.05) is 36.5 Å². The highest BCUT2D eigenvalue weighted by Crippen LogP contribution is 2.80. The molecule has 2 bridgehead atoms. The molecule has 0 amide bonds. The molecule has 11 atom stereocenters. The van der Waals surface area contributed by atoms with Crippen LogP contribution in [0, 0.1) is 51.2 Å². The standard InChI is InChI=1S/C32H52O5/c1-19(2)15-21-16-30(8,34)26-22-9-10-24-28(6)13-12-25(36-20(3)33)27(4,5)23(28)11-14-29(24,7)31(22)17-32(26,37-21)35-18-31/h19,21-26,34H,9-18H2,1-8H3/t21-,22+,23+,24+,25-,26-,28-,29+,30-,31-,32-/m0/s1. The molecule has 6 aliphatic rings. The molecule has 0 aromatic rings. The second kappa shape index (κ2) is 7.97. The molecule has 2 heterocycles. The zero-order chi connectivity index (χ0) is 26.8. The Morgan fingerprint density at radius 1 is 1.03 bits per heavy atom. The van der Waals surface area contributed by atoms with E-state index >= 15 is 0 Å². The van der Waals surface area contributed by atoms with Gasteiger partial charge in [-0.15, -0.1) is 0 Å². The van der Waals surface area contributed by atoms with Crippen LogP contribution in [0.4, 0.5) is 0 Å². The molecule has 37 heavy (non-hydrogen) atoms. The van der Waals surface area contributed by atoms with Gasteiger partial charge >= 0.3 is 5.97 Å². The number of esters is 1. The minimum atomic E-state index is -0.751. The molecule has 2 saturated heterocycles. The Balaban J connectivity index is 1.35. The zero-order valence-electron chi connectivity index (χ0n) is 24.7. The summed E-state index contributed by atoms with van der Waals surface area (Å²) in [5.74, 6) is 1.46. The Labute approximate surface area is 224 Å². The van der Waals surface area contributed by atoms with Gasteiger partial charge < -0.3 is 19.3 Å². The summed E-state index contributed by atoms with van der Waals surface area (Å²) in [5.41, 5.74) is -0.317. The highest BCUT2D eigenvalue weighted by atomic mass is 16.7. The molecule has 5 heteroatoms. The van der Waals surface area contributed by atoms with Gasteiger partial charge in [0.1, 0.15) is 6.10 Å². The summed E-state index contributed by atoms with van der Waals surface area (Å²) >= 11 is 0. The van der Waals surface area contributed by atoms with Gasteiger partial charge in [0.05, 0.1) is 18.3 Å². The van der Waals surface area contributed by atoms with Gasteiger partial charge in [0.15, 0.2) is 5.79 Å². The first kappa shape index (κ1) is 26.6. The molecule has 0 aromatic carbocycles.